The lowest BCUT2D eigenvalue weighted by Gasteiger charge is -2.16. The fraction of sp³-hybridized carbons (Fsp3) is 0. The second-order valence-electron chi connectivity index (χ2n) is 5.75. The van der Waals surface area contributed by atoms with Crippen molar-refractivity contribution in [1.29, 1.82) is 0 Å². The molecule has 0 aliphatic rings. The highest BCUT2D eigenvalue weighted by Gasteiger charge is 2.16. The van der Waals surface area contributed by atoms with E-state index in [-0.39, 0.29) is 5.56 Å². The van der Waals surface area contributed by atoms with Crippen LogP contribution in [0, 0.1) is 0 Å². The lowest BCUT2D eigenvalue weighted by atomic mass is 10.1. The van der Waals surface area contributed by atoms with Crippen molar-refractivity contribution in [3.63, 3.8) is 0 Å². The van der Waals surface area contributed by atoms with Gasteiger partial charge in [0, 0.05) is 27.8 Å². The summed E-state index contributed by atoms with van der Waals surface area (Å²) in [5.41, 5.74) is 2.45. The number of carboxylic acid groups (broad SMARTS) is 1. The number of halogens is 2. The quantitative estimate of drug-likeness (QED) is 0.495. The van der Waals surface area contributed by atoms with Gasteiger partial charge in [-0.15, -0.1) is 0 Å². The number of rotatable bonds is 4. The number of anilines is 2. The first-order valence-corrected chi connectivity index (χ1v) is 8.66. The van der Waals surface area contributed by atoms with Crippen LogP contribution in [0.25, 0.3) is 16.6 Å². The Hall–Kier alpha value is -3.09. The number of nitrogens with one attached hydrogen (secondary N) is 1. The highest BCUT2D eigenvalue weighted by molar-refractivity contribution is 6.31. The van der Waals surface area contributed by atoms with Crippen LogP contribution < -0.4 is 5.32 Å². The summed E-state index contributed by atoms with van der Waals surface area (Å²) in [6.07, 6.45) is 5.09. The van der Waals surface area contributed by atoms with Crippen molar-refractivity contribution in [3.05, 3.63) is 76.7 Å². The molecule has 0 bridgehead atoms. The van der Waals surface area contributed by atoms with Gasteiger partial charge in [-0.1, -0.05) is 23.2 Å². The number of nitrogens with zero attached hydrogens (tertiary/aromatic N) is 3. The molecule has 6 nitrogen and oxygen atoms in total. The first kappa shape index (κ1) is 17.3. The van der Waals surface area contributed by atoms with Crippen molar-refractivity contribution in [2.45, 2.75) is 0 Å². The molecule has 2 heterocycles. The summed E-state index contributed by atoms with van der Waals surface area (Å²) in [4.78, 5) is 16.1. The largest absolute Gasteiger partial charge is 0.478 e. The third kappa shape index (κ3) is 3.32. The third-order valence-electron chi connectivity index (χ3n) is 4.03. The Morgan fingerprint density at radius 1 is 1.11 bits per heavy atom. The second kappa shape index (κ2) is 6.90. The van der Waals surface area contributed by atoms with Gasteiger partial charge in [0.1, 0.15) is 5.69 Å². The van der Waals surface area contributed by atoms with Crippen molar-refractivity contribution in [2.75, 3.05) is 5.32 Å². The van der Waals surface area contributed by atoms with Crippen molar-refractivity contribution in [2.24, 2.45) is 0 Å². The van der Waals surface area contributed by atoms with E-state index in [0.717, 1.165) is 5.39 Å². The molecule has 8 heteroatoms. The van der Waals surface area contributed by atoms with Crippen LogP contribution in [0.15, 0.2) is 61.1 Å². The van der Waals surface area contributed by atoms with E-state index in [0.29, 0.717) is 32.6 Å². The highest BCUT2D eigenvalue weighted by Crippen LogP contribution is 2.34. The zero-order chi connectivity index (χ0) is 19.0. The number of carbonyl (C=O) groups is 1. The lowest BCUT2D eigenvalue weighted by Crippen LogP contribution is -2.07. The molecule has 0 saturated carbocycles. The zero-order valence-corrected chi connectivity index (χ0v) is 15.2. The van der Waals surface area contributed by atoms with Crippen LogP contribution >= 0.6 is 23.2 Å². The molecule has 2 N–H and O–H groups in total. The number of benzene rings is 2. The van der Waals surface area contributed by atoms with Gasteiger partial charge in [0.2, 0.25) is 0 Å². The molecule has 0 atom stereocenters. The zero-order valence-electron chi connectivity index (χ0n) is 13.7. The lowest BCUT2D eigenvalue weighted by molar-refractivity contribution is 0.0698. The van der Waals surface area contributed by atoms with Crippen LogP contribution in [0.1, 0.15) is 10.4 Å². The van der Waals surface area contributed by atoms with Crippen LogP contribution in [0.3, 0.4) is 0 Å². The number of aromatic nitrogens is 3. The van der Waals surface area contributed by atoms with Crippen molar-refractivity contribution in [1.82, 2.24) is 14.8 Å². The monoisotopic (exact) mass is 398 g/mol. The average molecular weight is 399 g/mol. The average Bonchev–Trinajstić information content (AvgIpc) is 3.17. The smallest absolute Gasteiger partial charge is 0.337 e. The number of aromatic carboxylic acids is 1. The number of carboxylic acids is 1. The first-order valence-electron chi connectivity index (χ1n) is 7.91. The Balaban J connectivity index is 1.96. The van der Waals surface area contributed by atoms with Crippen molar-refractivity contribution in [3.8, 4) is 5.69 Å². The minimum absolute atomic E-state index is 0.0564. The fourth-order valence-electron chi connectivity index (χ4n) is 2.81. The molecule has 134 valence electrons. The number of fused-ring (bicyclic) bond motifs is 1. The Morgan fingerprint density at radius 2 is 1.89 bits per heavy atom. The van der Waals surface area contributed by atoms with Crippen molar-refractivity contribution >= 4 is 51.4 Å². The summed E-state index contributed by atoms with van der Waals surface area (Å²) in [5.74, 6) is -1.09. The van der Waals surface area contributed by atoms with Gasteiger partial charge in [0.15, 0.2) is 0 Å². The van der Waals surface area contributed by atoms with Gasteiger partial charge in [-0.05, 0) is 42.5 Å². The molecule has 0 amide bonds. The first-order chi connectivity index (χ1) is 13.0. The molecule has 27 heavy (non-hydrogen) atoms. The molecule has 4 aromatic rings. The number of hydrogen-bond acceptors (Lipinski definition) is 4. The van der Waals surface area contributed by atoms with E-state index in [4.69, 9.17) is 23.2 Å². The maximum absolute atomic E-state index is 11.6. The Kier molecular flexibility index (Phi) is 4.43. The van der Waals surface area contributed by atoms with Crippen LogP contribution in [-0.4, -0.2) is 25.8 Å². The molecular formula is C19H12Cl2N4O2. The molecule has 2 aromatic carbocycles. The summed E-state index contributed by atoms with van der Waals surface area (Å²) >= 11 is 12.1. The fourth-order valence-corrected chi connectivity index (χ4v) is 3.15. The Bertz CT molecular complexity index is 1160. The summed E-state index contributed by atoms with van der Waals surface area (Å²) < 4.78 is 1.64. The predicted octanol–water partition coefficient (Wildman–Crippen LogP) is 5.17. The minimum Gasteiger partial charge on any atom is -0.478 e. The molecule has 2 aromatic heterocycles. The van der Waals surface area contributed by atoms with Gasteiger partial charge in [0.05, 0.1) is 28.7 Å². The summed E-state index contributed by atoms with van der Waals surface area (Å²) in [6.45, 7) is 0. The summed E-state index contributed by atoms with van der Waals surface area (Å²) in [5, 5.41) is 18.6. The number of hydrogen-bond donors (Lipinski definition) is 2. The molecule has 0 aliphatic carbocycles. The van der Waals surface area contributed by atoms with Gasteiger partial charge in [-0.3, -0.25) is 4.98 Å². The van der Waals surface area contributed by atoms with Gasteiger partial charge < -0.3 is 10.4 Å². The SMILES string of the molecule is O=C(O)c1cc(Cl)ccc1Nc1c(-n2cccn2)cnc2ccc(Cl)cc12. The predicted molar refractivity (Wildman–Crippen MR) is 106 cm³/mol. The van der Waals surface area contributed by atoms with Crippen LogP contribution in [0.4, 0.5) is 11.4 Å². The highest BCUT2D eigenvalue weighted by atomic mass is 35.5. The van der Waals surface area contributed by atoms with E-state index >= 15 is 0 Å². The summed E-state index contributed by atoms with van der Waals surface area (Å²) in [7, 11) is 0. The molecule has 0 fully saturated rings. The standard InChI is InChI=1S/C19H12Cl2N4O2/c20-11-2-4-15-13(8-11)18(17(10-22-15)25-7-1-6-23-25)24-16-5-3-12(21)9-14(16)19(26)27/h1-10H,(H,22,24)(H,26,27). The number of pyridine rings is 1. The normalized spacial score (nSPS) is 10.9. The molecule has 0 radical (unpaired) electrons. The van der Waals surface area contributed by atoms with E-state index in [9.17, 15) is 9.90 Å². The molecule has 0 saturated heterocycles. The maximum Gasteiger partial charge on any atom is 0.337 e. The minimum atomic E-state index is -1.09. The summed E-state index contributed by atoms with van der Waals surface area (Å²) in [6, 6.07) is 11.8. The topological polar surface area (TPSA) is 80.0 Å². The molecule has 0 spiro atoms. The maximum atomic E-state index is 11.6. The molecule has 0 aliphatic heterocycles. The second-order valence-corrected chi connectivity index (χ2v) is 6.62. The molecule has 4 rings (SSSR count). The van der Waals surface area contributed by atoms with E-state index in [2.05, 4.69) is 15.4 Å². The van der Waals surface area contributed by atoms with E-state index in [1.54, 1.807) is 59.7 Å². The van der Waals surface area contributed by atoms with Gasteiger partial charge in [-0.25, -0.2) is 9.48 Å². The molecule has 0 unspecified atom stereocenters. The van der Waals surface area contributed by atoms with Crippen LogP contribution in [0.2, 0.25) is 10.0 Å². The van der Waals surface area contributed by atoms with Gasteiger partial charge in [-0.2, -0.15) is 5.10 Å². The van der Waals surface area contributed by atoms with Crippen LogP contribution in [0.5, 0.6) is 0 Å². The van der Waals surface area contributed by atoms with E-state index in [1.165, 1.54) is 6.07 Å². The Labute approximate surface area is 164 Å². The molecular weight excluding hydrogens is 387 g/mol. The van der Waals surface area contributed by atoms with Crippen molar-refractivity contribution < 1.29 is 9.90 Å². The van der Waals surface area contributed by atoms with E-state index in [1.807, 2.05) is 0 Å². The van der Waals surface area contributed by atoms with E-state index < -0.39 is 5.97 Å². The van der Waals surface area contributed by atoms with Gasteiger partial charge >= 0.3 is 5.97 Å². The third-order valence-corrected chi connectivity index (χ3v) is 4.50. The Morgan fingerprint density at radius 3 is 2.63 bits per heavy atom. The van der Waals surface area contributed by atoms with Crippen LogP contribution in [-0.2, 0) is 0 Å². The van der Waals surface area contributed by atoms with Gasteiger partial charge in [0.25, 0.3) is 0 Å².